The van der Waals surface area contributed by atoms with Crippen molar-refractivity contribution >= 4 is 45.7 Å². The van der Waals surface area contributed by atoms with Crippen molar-refractivity contribution in [1.82, 2.24) is 43.9 Å². The Morgan fingerprint density at radius 2 is 1.77 bits per heavy atom. The molecule has 5 aliphatic heterocycles. The second kappa shape index (κ2) is 18.4. The molecule has 15 nitrogen and oxygen atoms in total. The average molecular weight is 950 g/mol. The number of piperidine rings is 2. The maximum absolute atomic E-state index is 16.2. The van der Waals surface area contributed by atoms with Crippen LogP contribution in [-0.2, 0) is 42.7 Å². The van der Waals surface area contributed by atoms with Crippen LogP contribution in [0.25, 0.3) is 22.3 Å². The predicted molar refractivity (Wildman–Crippen MR) is 263 cm³/mol. The average Bonchev–Trinajstić information content (AvgIpc) is 4.10. The summed E-state index contributed by atoms with van der Waals surface area (Å²) in [5, 5.41) is 14.5. The normalized spacial score (nSPS) is 19.4. The number of fused-ring (bicyclic) bond motifs is 3. The molecule has 0 saturated carbocycles. The monoisotopic (exact) mass is 949 g/mol. The molecule has 6 aromatic rings. The summed E-state index contributed by atoms with van der Waals surface area (Å²) in [6.45, 7) is 9.76. The number of hydrogen-bond donors (Lipinski definition) is 3. The van der Waals surface area contributed by atoms with Crippen molar-refractivity contribution < 1.29 is 23.2 Å². The molecule has 70 heavy (non-hydrogen) atoms. The largest absolute Gasteiger partial charge is 0.384 e. The van der Waals surface area contributed by atoms with Gasteiger partial charge in [-0.2, -0.15) is 5.10 Å². The van der Waals surface area contributed by atoms with Gasteiger partial charge >= 0.3 is 0 Å². The van der Waals surface area contributed by atoms with Crippen LogP contribution in [0.1, 0.15) is 101 Å². The highest BCUT2D eigenvalue weighted by Gasteiger charge is 2.31. The molecule has 5 aliphatic rings. The van der Waals surface area contributed by atoms with Crippen LogP contribution < -0.4 is 21.5 Å². The molecular formula is C53H57F2N11O4. The number of aryl methyl sites for hydroxylation is 2. The van der Waals surface area contributed by atoms with Gasteiger partial charge in [-0.25, -0.2) is 13.8 Å². The second-order valence-electron chi connectivity index (χ2n) is 19.6. The van der Waals surface area contributed by atoms with E-state index < -0.39 is 17.8 Å². The Morgan fingerprint density at radius 1 is 0.929 bits per heavy atom. The van der Waals surface area contributed by atoms with Gasteiger partial charge in [0.1, 0.15) is 23.3 Å². The van der Waals surface area contributed by atoms with Crippen molar-refractivity contribution in [3.63, 3.8) is 0 Å². The highest BCUT2D eigenvalue weighted by Crippen LogP contribution is 2.36. The number of amides is 3. The maximum atomic E-state index is 16.2. The fraction of sp³-hybridized carbons (Fsp3) is 0.396. The van der Waals surface area contributed by atoms with E-state index in [1.54, 1.807) is 27.8 Å². The Kier molecular flexibility index (Phi) is 12.0. The number of nitrogens with one attached hydrogen (secondary N) is 3. The third-order valence-electron chi connectivity index (χ3n) is 15.3. The lowest BCUT2D eigenvalue weighted by atomic mass is 9.89. The third-order valence-corrected chi connectivity index (χ3v) is 15.3. The van der Waals surface area contributed by atoms with Crippen LogP contribution in [0.15, 0.2) is 77.9 Å². The molecule has 0 aliphatic carbocycles. The first-order valence-electron chi connectivity index (χ1n) is 24.5. The van der Waals surface area contributed by atoms with Crippen molar-refractivity contribution in [2.24, 2.45) is 7.05 Å². The van der Waals surface area contributed by atoms with Gasteiger partial charge in [-0.3, -0.25) is 43.5 Å². The summed E-state index contributed by atoms with van der Waals surface area (Å²) in [5.41, 5.74) is 9.98. The van der Waals surface area contributed by atoms with E-state index in [4.69, 9.17) is 10.1 Å². The lowest BCUT2D eigenvalue weighted by Gasteiger charge is -2.32. The maximum Gasteiger partial charge on any atom is 0.260 e. The van der Waals surface area contributed by atoms with Crippen molar-refractivity contribution in [2.75, 3.05) is 49.9 Å². The zero-order chi connectivity index (χ0) is 48.4. The number of anilines is 2. The number of nitrogens with zero attached hydrogens (tertiary/aromatic N) is 8. The highest BCUT2D eigenvalue weighted by molar-refractivity contribution is 6.01. The van der Waals surface area contributed by atoms with Crippen molar-refractivity contribution in [1.29, 1.82) is 0 Å². The van der Waals surface area contributed by atoms with Crippen molar-refractivity contribution in [2.45, 2.75) is 90.0 Å². The topological polar surface area (TPSA) is 155 Å². The molecule has 0 spiro atoms. The number of likely N-dealkylation sites (tertiary alicyclic amines) is 1. The first kappa shape index (κ1) is 45.5. The van der Waals surface area contributed by atoms with Crippen molar-refractivity contribution in [3.8, 4) is 5.69 Å². The lowest BCUT2D eigenvalue weighted by Crippen LogP contribution is -2.47. The van der Waals surface area contributed by atoms with Gasteiger partial charge in [-0.15, -0.1) is 0 Å². The lowest BCUT2D eigenvalue weighted by molar-refractivity contribution is -0.133. The fourth-order valence-electron chi connectivity index (χ4n) is 11.4. The third kappa shape index (κ3) is 8.48. The van der Waals surface area contributed by atoms with E-state index in [0.717, 1.165) is 95.2 Å². The number of imide groups is 1. The van der Waals surface area contributed by atoms with E-state index >= 15 is 8.78 Å². The zero-order valence-electron chi connectivity index (χ0n) is 39.7. The van der Waals surface area contributed by atoms with E-state index in [1.807, 2.05) is 43.0 Å². The predicted octanol–water partition coefficient (Wildman–Crippen LogP) is 6.58. The molecule has 2 saturated heterocycles. The zero-order valence-corrected chi connectivity index (χ0v) is 39.7. The minimum absolute atomic E-state index is 0.0101. The molecule has 9 heterocycles. The number of aromatic nitrogens is 5. The SMILES string of the molecule is Cc1cc(C(=O)N2CCn3nc(CN4CCC(c5ccc(NC6CCC(=O)NC6=O)cc5F)CC4)cc3C2)cc(F)c1C1=CCN([C@@H](C)c2cc3c(-n4ccc5c(c4=O)CCN5)ccnc3n2C)CC1. The number of carbonyl (C=O) groups is 3. The van der Waals surface area contributed by atoms with Crippen LogP contribution in [0.3, 0.4) is 0 Å². The molecule has 362 valence electrons. The number of halogens is 2. The highest BCUT2D eigenvalue weighted by atomic mass is 19.1. The minimum Gasteiger partial charge on any atom is -0.384 e. The van der Waals surface area contributed by atoms with E-state index in [9.17, 15) is 19.2 Å². The van der Waals surface area contributed by atoms with Gasteiger partial charge in [0.2, 0.25) is 11.8 Å². The van der Waals surface area contributed by atoms with Gasteiger partial charge in [0, 0.05) is 104 Å². The Labute approximate surface area is 404 Å². The molecule has 0 radical (unpaired) electrons. The molecule has 2 aromatic carbocycles. The molecule has 2 atom stereocenters. The van der Waals surface area contributed by atoms with Crippen LogP contribution in [0.2, 0.25) is 0 Å². The molecule has 4 aromatic heterocycles. The van der Waals surface area contributed by atoms with E-state index in [1.165, 1.54) is 12.1 Å². The Morgan fingerprint density at radius 3 is 2.54 bits per heavy atom. The molecule has 3 amide bonds. The molecule has 3 N–H and O–H groups in total. The summed E-state index contributed by atoms with van der Waals surface area (Å²) in [4.78, 5) is 62.3. The molecule has 1 unspecified atom stereocenters. The Bertz CT molecular complexity index is 3160. The standard InChI is InChI=1S/C53H57F2N11O4/c1-31-24-35(25-43(55)49(31)34-12-19-63(20-13-34)32(2)47-28-41-46(9-16-57-50(41)61(47)3)65-21-14-44-40(53(65)70)8-15-56-44)52(69)64-22-23-66-38(30-64)26-37(60-66)29-62-17-10-33(11-18-62)39-5-4-36(27-42(39)54)58-45-6-7-48(67)59-51(45)68/h4-5,9,12,14,16,21,24-28,32-33,45,56,58H,6-8,10-11,13,15,17-20,22-23,29-30H2,1-3H3,(H,59,67,68)/t32-,45?/m0/s1. The minimum atomic E-state index is -0.571. The van der Waals surface area contributed by atoms with Crippen LogP contribution in [-0.4, -0.2) is 102 Å². The summed E-state index contributed by atoms with van der Waals surface area (Å²) in [5.74, 6) is -1.52. The van der Waals surface area contributed by atoms with Crippen LogP contribution in [0.4, 0.5) is 20.2 Å². The molecule has 0 bridgehead atoms. The Balaban J connectivity index is 0.698. The number of carbonyl (C=O) groups excluding carboxylic acids is 3. The second-order valence-corrected chi connectivity index (χ2v) is 19.6. The van der Waals surface area contributed by atoms with E-state index in [2.05, 4.69) is 55.4 Å². The van der Waals surface area contributed by atoms with Gasteiger partial charge in [0.05, 0.1) is 30.2 Å². The molecule has 11 rings (SSSR count). The number of benzene rings is 2. The quantitative estimate of drug-likeness (QED) is 0.129. The van der Waals surface area contributed by atoms with Crippen LogP contribution >= 0.6 is 0 Å². The van der Waals surface area contributed by atoms with Gasteiger partial charge in [-0.1, -0.05) is 12.1 Å². The molecule has 17 heteroatoms. The van der Waals surface area contributed by atoms with E-state index in [-0.39, 0.29) is 41.6 Å². The van der Waals surface area contributed by atoms with Crippen LogP contribution in [0, 0.1) is 18.6 Å². The number of pyridine rings is 2. The van der Waals surface area contributed by atoms with Gasteiger partial charge in [0.15, 0.2) is 0 Å². The smallest absolute Gasteiger partial charge is 0.260 e. The molecule has 2 fully saturated rings. The summed E-state index contributed by atoms with van der Waals surface area (Å²) in [6, 6.07) is 15.8. The van der Waals surface area contributed by atoms with Crippen molar-refractivity contribution in [3.05, 3.63) is 140 Å². The van der Waals surface area contributed by atoms with Gasteiger partial charge < -0.3 is 20.1 Å². The Hall–Kier alpha value is -6.98. The summed E-state index contributed by atoms with van der Waals surface area (Å²) < 4.78 is 37.3. The molecular weight excluding hydrogens is 893 g/mol. The first-order chi connectivity index (χ1) is 33.9. The van der Waals surface area contributed by atoms with Gasteiger partial charge in [-0.05, 0) is 130 Å². The van der Waals surface area contributed by atoms with Crippen LogP contribution in [0.5, 0.6) is 0 Å². The van der Waals surface area contributed by atoms with E-state index in [0.29, 0.717) is 74.4 Å². The summed E-state index contributed by atoms with van der Waals surface area (Å²) >= 11 is 0. The first-order valence-corrected chi connectivity index (χ1v) is 24.5. The summed E-state index contributed by atoms with van der Waals surface area (Å²) in [7, 11) is 2.01. The number of hydrogen-bond acceptors (Lipinski definition) is 10. The fourth-order valence-corrected chi connectivity index (χ4v) is 11.4. The number of rotatable bonds is 10. The summed E-state index contributed by atoms with van der Waals surface area (Å²) in [6.07, 6.45) is 9.26. The van der Waals surface area contributed by atoms with Gasteiger partial charge in [0.25, 0.3) is 11.5 Å².